The van der Waals surface area contributed by atoms with E-state index in [1.54, 1.807) is 0 Å². The third-order valence-electron chi connectivity index (χ3n) is 4.01. The number of carbonyl (C=O) groups is 1. The summed E-state index contributed by atoms with van der Waals surface area (Å²) in [6, 6.07) is 5.62. The minimum atomic E-state index is -0.00225. The molecule has 5 heteroatoms. The SMILES string of the molecule is CC(C)CC(CCO)CNC(=O)Cc1c[nH]c2ccc(Cl)cc12. The van der Waals surface area contributed by atoms with Gasteiger partial charge in [-0.05, 0) is 48.4 Å². The van der Waals surface area contributed by atoms with Gasteiger partial charge < -0.3 is 15.4 Å². The van der Waals surface area contributed by atoms with Crippen molar-refractivity contribution in [3.63, 3.8) is 0 Å². The second-order valence-corrected chi connectivity index (χ2v) is 6.93. The van der Waals surface area contributed by atoms with Gasteiger partial charge in [0.15, 0.2) is 0 Å². The van der Waals surface area contributed by atoms with Gasteiger partial charge in [-0.2, -0.15) is 0 Å². The Morgan fingerprint density at radius 2 is 2.17 bits per heavy atom. The van der Waals surface area contributed by atoms with Crippen LogP contribution in [0.3, 0.4) is 0 Å². The second-order valence-electron chi connectivity index (χ2n) is 6.49. The van der Waals surface area contributed by atoms with E-state index in [4.69, 9.17) is 16.7 Å². The highest BCUT2D eigenvalue weighted by molar-refractivity contribution is 6.31. The summed E-state index contributed by atoms with van der Waals surface area (Å²) >= 11 is 6.03. The maximum absolute atomic E-state index is 12.2. The van der Waals surface area contributed by atoms with Crippen molar-refractivity contribution in [1.29, 1.82) is 0 Å². The average Bonchev–Trinajstić information content (AvgIpc) is 2.87. The number of H-pyrrole nitrogens is 1. The Balaban J connectivity index is 1.94. The van der Waals surface area contributed by atoms with Crippen LogP contribution in [0.15, 0.2) is 24.4 Å². The number of hydrogen-bond acceptors (Lipinski definition) is 2. The average molecular weight is 337 g/mol. The molecule has 0 aliphatic carbocycles. The predicted molar refractivity (Wildman–Crippen MR) is 94.7 cm³/mol. The first-order chi connectivity index (χ1) is 11.0. The molecule has 0 aliphatic rings. The fourth-order valence-electron chi connectivity index (χ4n) is 2.94. The molecular weight excluding hydrogens is 312 g/mol. The van der Waals surface area contributed by atoms with Crippen molar-refractivity contribution in [2.45, 2.75) is 33.1 Å². The standard InChI is InChI=1S/C18H25ClN2O2/c1-12(2)7-13(5-6-22)10-21-18(23)8-14-11-20-17-4-3-15(19)9-16(14)17/h3-4,9,11-13,20,22H,5-8,10H2,1-2H3,(H,21,23). The minimum absolute atomic E-state index is 0.00225. The van der Waals surface area contributed by atoms with Crippen molar-refractivity contribution in [2.24, 2.45) is 11.8 Å². The number of amides is 1. The minimum Gasteiger partial charge on any atom is -0.396 e. The van der Waals surface area contributed by atoms with Gasteiger partial charge in [-0.3, -0.25) is 4.79 Å². The summed E-state index contributed by atoms with van der Waals surface area (Å²) in [5, 5.41) is 13.8. The molecule has 0 saturated carbocycles. The maximum atomic E-state index is 12.2. The Labute approximate surface area is 142 Å². The highest BCUT2D eigenvalue weighted by atomic mass is 35.5. The van der Waals surface area contributed by atoms with E-state index >= 15 is 0 Å². The molecule has 0 spiro atoms. The third-order valence-corrected chi connectivity index (χ3v) is 4.25. The van der Waals surface area contributed by atoms with E-state index in [1.165, 1.54) is 0 Å². The molecular formula is C18H25ClN2O2. The second kappa shape index (κ2) is 8.37. The number of aromatic amines is 1. The number of rotatable bonds is 8. The van der Waals surface area contributed by atoms with Crippen LogP contribution in [0.5, 0.6) is 0 Å². The first-order valence-corrected chi connectivity index (χ1v) is 8.50. The zero-order valence-electron chi connectivity index (χ0n) is 13.7. The molecule has 126 valence electrons. The number of fused-ring (bicyclic) bond motifs is 1. The van der Waals surface area contributed by atoms with Crippen molar-refractivity contribution in [3.05, 3.63) is 35.0 Å². The molecule has 0 aliphatic heterocycles. The van der Waals surface area contributed by atoms with E-state index in [9.17, 15) is 4.79 Å². The van der Waals surface area contributed by atoms with Crippen LogP contribution in [-0.4, -0.2) is 29.1 Å². The van der Waals surface area contributed by atoms with E-state index in [0.717, 1.165) is 29.3 Å². The third kappa shape index (κ3) is 5.26. The number of carbonyl (C=O) groups excluding carboxylic acids is 1. The molecule has 1 unspecified atom stereocenters. The molecule has 0 radical (unpaired) electrons. The first kappa shape index (κ1) is 17.8. The molecule has 0 saturated heterocycles. The predicted octanol–water partition coefficient (Wildman–Crippen LogP) is 3.52. The highest BCUT2D eigenvalue weighted by Gasteiger charge is 2.14. The van der Waals surface area contributed by atoms with Gasteiger partial charge >= 0.3 is 0 Å². The number of aromatic nitrogens is 1. The van der Waals surface area contributed by atoms with Gasteiger partial charge in [-0.25, -0.2) is 0 Å². The van der Waals surface area contributed by atoms with Crippen molar-refractivity contribution in [1.82, 2.24) is 10.3 Å². The molecule has 23 heavy (non-hydrogen) atoms. The van der Waals surface area contributed by atoms with E-state index in [0.29, 0.717) is 29.8 Å². The van der Waals surface area contributed by atoms with Crippen LogP contribution in [0.4, 0.5) is 0 Å². The molecule has 2 rings (SSSR count). The molecule has 0 fully saturated rings. The molecule has 4 nitrogen and oxygen atoms in total. The van der Waals surface area contributed by atoms with E-state index in [1.807, 2.05) is 24.4 Å². The smallest absolute Gasteiger partial charge is 0.224 e. The lowest BCUT2D eigenvalue weighted by atomic mass is 9.94. The Bertz CT molecular complexity index is 652. The lowest BCUT2D eigenvalue weighted by molar-refractivity contribution is -0.120. The lowest BCUT2D eigenvalue weighted by Gasteiger charge is -2.18. The summed E-state index contributed by atoms with van der Waals surface area (Å²) in [5.74, 6) is 0.873. The molecule has 2 aromatic rings. The first-order valence-electron chi connectivity index (χ1n) is 8.12. The molecule has 0 bridgehead atoms. The van der Waals surface area contributed by atoms with Crippen LogP contribution in [0.1, 0.15) is 32.3 Å². The van der Waals surface area contributed by atoms with Crippen molar-refractivity contribution >= 4 is 28.4 Å². The zero-order chi connectivity index (χ0) is 16.8. The van der Waals surface area contributed by atoms with E-state index in [2.05, 4.69) is 24.1 Å². The van der Waals surface area contributed by atoms with Crippen LogP contribution in [0.2, 0.25) is 5.02 Å². The van der Waals surface area contributed by atoms with Crippen molar-refractivity contribution < 1.29 is 9.90 Å². The summed E-state index contributed by atoms with van der Waals surface area (Å²) in [4.78, 5) is 15.4. The molecule has 3 N–H and O–H groups in total. The zero-order valence-corrected chi connectivity index (χ0v) is 14.5. The van der Waals surface area contributed by atoms with Gasteiger partial charge in [0, 0.05) is 35.3 Å². The van der Waals surface area contributed by atoms with Gasteiger partial charge in [0.1, 0.15) is 0 Å². The summed E-state index contributed by atoms with van der Waals surface area (Å²) in [5.41, 5.74) is 1.93. The molecule has 1 amide bonds. The Kier molecular flexibility index (Phi) is 6.48. The van der Waals surface area contributed by atoms with Crippen LogP contribution >= 0.6 is 11.6 Å². The number of aliphatic hydroxyl groups excluding tert-OH is 1. The largest absolute Gasteiger partial charge is 0.396 e. The number of hydrogen-bond donors (Lipinski definition) is 3. The summed E-state index contributed by atoms with van der Waals surface area (Å²) in [6.07, 6.45) is 3.92. The van der Waals surface area contributed by atoms with Crippen LogP contribution < -0.4 is 5.32 Å². The normalized spacial score (nSPS) is 12.7. The number of nitrogens with one attached hydrogen (secondary N) is 2. The number of halogens is 1. The van der Waals surface area contributed by atoms with E-state index in [-0.39, 0.29) is 12.5 Å². The van der Waals surface area contributed by atoms with E-state index < -0.39 is 0 Å². The van der Waals surface area contributed by atoms with Crippen molar-refractivity contribution in [3.8, 4) is 0 Å². The van der Waals surface area contributed by atoms with Gasteiger partial charge in [0.2, 0.25) is 5.91 Å². The van der Waals surface area contributed by atoms with Crippen LogP contribution in [-0.2, 0) is 11.2 Å². The number of benzene rings is 1. The van der Waals surface area contributed by atoms with Crippen LogP contribution in [0.25, 0.3) is 10.9 Å². The fraction of sp³-hybridized carbons (Fsp3) is 0.500. The Hall–Kier alpha value is -1.52. The maximum Gasteiger partial charge on any atom is 0.224 e. The molecule has 1 heterocycles. The Morgan fingerprint density at radius 3 is 2.87 bits per heavy atom. The fourth-order valence-corrected chi connectivity index (χ4v) is 3.12. The van der Waals surface area contributed by atoms with Gasteiger partial charge in [0.25, 0.3) is 0 Å². The highest BCUT2D eigenvalue weighted by Crippen LogP contribution is 2.22. The number of aliphatic hydroxyl groups is 1. The molecule has 1 atom stereocenters. The summed E-state index contributed by atoms with van der Waals surface area (Å²) < 4.78 is 0. The Morgan fingerprint density at radius 1 is 1.39 bits per heavy atom. The van der Waals surface area contributed by atoms with Gasteiger partial charge in [0.05, 0.1) is 6.42 Å². The monoisotopic (exact) mass is 336 g/mol. The molecule has 1 aromatic heterocycles. The van der Waals surface area contributed by atoms with Gasteiger partial charge in [-0.1, -0.05) is 25.4 Å². The molecule has 1 aromatic carbocycles. The van der Waals surface area contributed by atoms with Gasteiger partial charge in [-0.15, -0.1) is 0 Å². The quantitative estimate of drug-likeness (QED) is 0.690. The summed E-state index contributed by atoms with van der Waals surface area (Å²) in [7, 11) is 0. The lowest BCUT2D eigenvalue weighted by Crippen LogP contribution is -2.31. The topological polar surface area (TPSA) is 65.1 Å². The van der Waals surface area contributed by atoms with Crippen LogP contribution in [0, 0.1) is 11.8 Å². The van der Waals surface area contributed by atoms with Crippen molar-refractivity contribution in [2.75, 3.05) is 13.2 Å². The summed E-state index contributed by atoms with van der Waals surface area (Å²) in [6.45, 7) is 5.08.